The van der Waals surface area contributed by atoms with E-state index >= 15 is 0 Å². The fraction of sp³-hybridized carbons (Fsp3) is 0.692. The van der Waals surface area contributed by atoms with Crippen molar-refractivity contribution >= 4 is 11.9 Å². The van der Waals surface area contributed by atoms with Crippen molar-refractivity contribution in [3.05, 3.63) is 11.1 Å². The van der Waals surface area contributed by atoms with Crippen LogP contribution in [0.5, 0.6) is 0 Å². The van der Waals surface area contributed by atoms with Crippen LogP contribution in [0.25, 0.3) is 0 Å². The maximum absolute atomic E-state index is 11.2. The smallest absolute Gasteiger partial charge is 0.332 e. The largest absolute Gasteiger partial charge is 0.478 e. The summed E-state index contributed by atoms with van der Waals surface area (Å²) in [6, 6.07) is 0. The van der Waals surface area contributed by atoms with Crippen LogP contribution in [-0.2, 0) is 9.59 Å². The summed E-state index contributed by atoms with van der Waals surface area (Å²) in [6.07, 6.45) is 2.59. The summed E-state index contributed by atoms with van der Waals surface area (Å²) in [5.41, 5.74) is 0.0852. The molecule has 0 aliphatic carbocycles. The van der Waals surface area contributed by atoms with Crippen molar-refractivity contribution in [1.82, 2.24) is 0 Å². The van der Waals surface area contributed by atoms with Gasteiger partial charge in [-0.05, 0) is 18.3 Å². The lowest BCUT2D eigenvalue weighted by atomic mass is 9.87. The summed E-state index contributed by atoms with van der Waals surface area (Å²) in [5.74, 6) is -2.75. The average molecular weight is 242 g/mol. The van der Waals surface area contributed by atoms with Gasteiger partial charge < -0.3 is 10.2 Å². The standard InChI is InChI=1S/C13H22O4/c1-5-6-7-9(4)11(13(16)17)10(8(2)3)12(14)15/h8-9H,5-7H2,1-4H3,(H,14,15)(H,16,17)/b11-10+. The molecule has 1 atom stereocenters. The Morgan fingerprint density at radius 1 is 1.00 bits per heavy atom. The number of rotatable bonds is 7. The fourth-order valence-corrected chi connectivity index (χ4v) is 1.92. The Labute approximate surface area is 102 Å². The Kier molecular flexibility index (Phi) is 6.54. The first-order valence-electron chi connectivity index (χ1n) is 6.03. The normalized spacial score (nSPS) is 14.4. The van der Waals surface area contributed by atoms with Gasteiger partial charge in [0.2, 0.25) is 0 Å². The molecule has 0 saturated heterocycles. The van der Waals surface area contributed by atoms with Gasteiger partial charge in [-0.2, -0.15) is 0 Å². The number of aliphatic carboxylic acids is 2. The molecule has 0 saturated carbocycles. The van der Waals surface area contributed by atoms with E-state index in [9.17, 15) is 14.7 Å². The Balaban J connectivity index is 5.36. The minimum absolute atomic E-state index is 0.0288. The summed E-state index contributed by atoms with van der Waals surface area (Å²) in [6.45, 7) is 7.22. The Hall–Kier alpha value is -1.32. The van der Waals surface area contributed by atoms with Crippen molar-refractivity contribution in [2.75, 3.05) is 0 Å². The third-order valence-corrected chi connectivity index (χ3v) is 2.81. The van der Waals surface area contributed by atoms with Crippen molar-refractivity contribution in [3.63, 3.8) is 0 Å². The molecule has 0 aliphatic rings. The summed E-state index contributed by atoms with van der Waals surface area (Å²) < 4.78 is 0. The zero-order valence-electron chi connectivity index (χ0n) is 11.0. The molecule has 0 radical (unpaired) electrons. The molecule has 17 heavy (non-hydrogen) atoms. The van der Waals surface area contributed by atoms with Crippen LogP contribution >= 0.6 is 0 Å². The van der Waals surface area contributed by atoms with E-state index in [2.05, 4.69) is 0 Å². The van der Waals surface area contributed by atoms with Gasteiger partial charge >= 0.3 is 11.9 Å². The maximum Gasteiger partial charge on any atom is 0.332 e. The molecule has 4 heteroatoms. The monoisotopic (exact) mass is 242 g/mol. The summed E-state index contributed by atoms with van der Waals surface area (Å²) in [7, 11) is 0. The van der Waals surface area contributed by atoms with Crippen molar-refractivity contribution in [2.24, 2.45) is 11.8 Å². The first kappa shape index (κ1) is 15.7. The van der Waals surface area contributed by atoms with Gasteiger partial charge in [0.05, 0.1) is 11.1 Å². The Morgan fingerprint density at radius 3 is 1.76 bits per heavy atom. The van der Waals surface area contributed by atoms with Crippen molar-refractivity contribution < 1.29 is 19.8 Å². The highest BCUT2D eigenvalue weighted by atomic mass is 16.4. The van der Waals surface area contributed by atoms with E-state index in [4.69, 9.17) is 5.11 Å². The number of carbonyl (C=O) groups is 2. The second-order valence-corrected chi connectivity index (χ2v) is 4.64. The molecule has 0 amide bonds. The van der Waals surface area contributed by atoms with Gasteiger partial charge in [0.1, 0.15) is 0 Å². The average Bonchev–Trinajstić information content (AvgIpc) is 2.20. The number of carboxylic acids is 2. The molecule has 98 valence electrons. The SMILES string of the molecule is CCCCC(C)/C(C(=O)O)=C(\C(=O)O)C(C)C. The molecule has 0 fully saturated rings. The molecule has 0 heterocycles. The van der Waals surface area contributed by atoms with Gasteiger partial charge in [0.25, 0.3) is 0 Å². The first-order chi connectivity index (χ1) is 7.82. The van der Waals surface area contributed by atoms with Crippen LogP contribution in [0.1, 0.15) is 47.0 Å². The van der Waals surface area contributed by atoms with Gasteiger partial charge in [-0.3, -0.25) is 0 Å². The Bertz CT molecular complexity index is 315. The minimum atomic E-state index is -1.12. The van der Waals surface area contributed by atoms with E-state index in [1.165, 1.54) is 0 Å². The van der Waals surface area contributed by atoms with Crippen LogP contribution in [-0.4, -0.2) is 22.2 Å². The van der Waals surface area contributed by atoms with Crippen LogP contribution in [0.2, 0.25) is 0 Å². The van der Waals surface area contributed by atoms with Gasteiger partial charge in [-0.25, -0.2) is 9.59 Å². The number of hydrogen-bond acceptors (Lipinski definition) is 2. The minimum Gasteiger partial charge on any atom is -0.478 e. The zero-order chi connectivity index (χ0) is 13.6. The van der Waals surface area contributed by atoms with E-state index in [0.717, 1.165) is 12.8 Å². The second-order valence-electron chi connectivity index (χ2n) is 4.64. The quantitative estimate of drug-likeness (QED) is 0.673. The zero-order valence-corrected chi connectivity index (χ0v) is 11.0. The van der Waals surface area contributed by atoms with Crippen LogP contribution in [0, 0.1) is 11.8 Å². The third kappa shape index (κ3) is 4.59. The van der Waals surface area contributed by atoms with E-state index in [0.29, 0.717) is 6.42 Å². The van der Waals surface area contributed by atoms with E-state index < -0.39 is 11.9 Å². The fourth-order valence-electron chi connectivity index (χ4n) is 1.92. The number of unbranched alkanes of at least 4 members (excludes halogenated alkanes) is 1. The van der Waals surface area contributed by atoms with E-state index in [1.54, 1.807) is 20.8 Å². The molecule has 0 spiro atoms. The van der Waals surface area contributed by atoms with Gasteiger partial charge in [0.15, 0.2) is 0 Å². The molecular formula is C13H22O4. The molecular weight excluding hydrogens is 220 g/mol. The highest BCUT2D eigenvalue weighted by Gasteiger charge is 2.26. The highest BCUT2D eigenvalue weighted by molar-refractivity contribution is 5.99. The topological polar surface area (TPSA) is 74.6 Å². The predicted molar refractivity (Wildman–Crippen MR) is 65.8 cm³/mol. The molecule has 0 aromatic heterocycles. The van der Waals surface area contributed by atoms with Gasteiger partial charge in [-0.1, -0.05) is 40.5 Å². The van der Waals surface area contributed by atoms with Crippen molar-refractivity contribution in [2.45, 2.75) is 47.0 Å². The maximum atomic E-state index is 11.2. The van der Waals surface area contributed by atoms with Crippen LogP contribution < -0.4 is 0 Å². The molecule has 0 aromatic rings. The van der Waals surface area contributed by atoms with Crippen LogP contribution in [0.4, 0.5) is 0 Å². The van der Waals surface area contributed by atoms with Gasteiger partial charge in [0, 0.05) is 0 Å². The molecule has 0 aliphatic heterocycles. The molecule has 4 nitrogen and oxygen atoms in total. The molecule has 0 rings (SSSR count). The van der Waals surface area contributed by atoms with Crippen LogP contribution in [0.15, 0.2) is 11.1 Å². The lowest BCUT2D eigenvalue weighted by Crippen LogP contribution is -2.20. The van der Waals surface area contributed by atoms with Crippen LogP contribution in [0.3, 0.4) is 0 Å². The third-order valence-electron chi connectivity index (χ3n) is 2.81. The highest BCUT2D eigenvalue weighted by Crippen LogP contribution is 2.25. The lowest BCUT2D eigenvalue weighted by Gasteiger charge is -2.17. The Morgan fingerprint density at radius 2 is 1.47 bits per heavy atom. The summed E-state index contributed by atoms with van der Waals surface area (Å²) >= 11 is 0. The molecule has 2 N–H and O–H groups in total. The van der Waals surface area contributed by atoms with Crippen molar-refractivity contribution in [3.8, 4) is 0 Å². The first-order valence-corrected chi connectivity index (χ1v) is 6.03. The number of hydrogen-bond donors (Lipinski definition) is 2. The number of carboxylic acid groups (broad SMARTS) is 2. The lowest BCUT2D eigenvalue weighted by molar-refractivity contribution is -0.136. The van der Waals surface area contributed by atoms with E-state index in [-0.39, 0.29) is 23.0 Å². The van der Waals surface area contributed by atoms with E-state index in [1.807, 2.05) is 6.92 Å². The molecule has 0 bridgehead atoms. The summed E-state index contributed by atoms with van der Waals surface area (Å²) in [5, 5.41) is 18.3. The van der Waals surface area contributed by atoms with Crippen molar-refractivity contribution in [1.29, 1.82) is 0 Å². The van der Waals surface area contributed by atoms with Gasteiger partial charge in [-0.15, -0.1) is 0 Å². The second kappa shape index (κ2) is 7.09. The summed E-state index contributed by atoms with van der Waals surface area (Å²) in [4.78, 5) is 22.4. The molecule has 1 unspecified atom stereocenters. The predicted octanol–water partition coefficient (Wildman–Crippen LogP) is 2.93. The molecule has 0 aromatic carbocycles.